The second kappa shape index (κ2) is 4.34. The first-order chi connectivity index (χ1) is 6.02. The summed E-state index contributed by atoms with van der Waals surface area (Å²) in [4.78, 5) is 0. The molecule has 1 saturated heterocycles. The lowest BCUT2D eigenvalue weighted by molar-refractivity contribution is -0.192. The van der Waals surface area contributed by atoms with Crippen molar-refractivity contribution in [1.29, 1.82) is 0 Å². The van der Waals surface area contributed by atoms with E-state index in [4.69, 9.17) is 14.9 Å². The smallest absolute Gasteiger partial charge is 0.111 e. The van der Waals surface area contributed by atoms with E-state index >= 15 is 0 Å². The molecule has 1 fully saturated rings. The highest BCUT2D eigenvalue weighted by Crippen LogP contribution is 2.19. The minimum absolute atomic E-state index is 0.00435. The summed E-state index contributed by atoms with van der Waals surface area (Å²) in [5.74, 6) is 0. The number of ether oxygens (including phenoxy) is 1. The van der Waals surface area contributed by atoms with E-state index in [0.29, 0.717) is 0 Å². The molecule has 0 aromatic carbocycles. The molecule has 1 heterocycles. The standard InChI is InChI=1S/C8H16O5/c1-4(9)2-6-8(12)7(11)5(10)3-13-6/h4-12H,2-3H2,1H3/t4?,5?,6?,7?,8-/m0/s1. The molecule has 1 rings (SSSR count). The van der Waals surface area contributed by atoms with Gasteiger partial charge in [0.15, 0.2) is 0 Å². The van der Waals surface area contributed by atoms with E-state index in [1.165, 1.54) is 0 Å². The lowest BCUT2D eigenvalue weighted by Gasteiger charge is -2.35. The van der Waals surface area contributed by atoms with Crippen molar-refractivity contribution in [3.05, 3.63) is 0 Å². The van der Waals surface area contributed by atoms with Crippen molar-refractivity contribution in [2.75, 3.05) is 6.61 Å². The third-order valence-electron chi connectivity index (χ3n) is 2.18. The first-order valence-corrected chi connectivity index (χ1v) is 4.36. The van der Waals surface area contributed by atoms with E-state index < -0.39 is 30.5 Å². The second-order valence-electron chi connectivity index (χ2n) is 3.51. The van der Waals surface area contributed by atoms with Crippen molar-refractivity contribution in [1.82, 2.24) is 0 Å². The molecule has 1 aliphatic rings. The lowest BCUT2D eigenvalue weighted by Crippen LogP contribution is -2.53. The van der Waals surface area contributed by atoms with Gasteiger partial charge in [0.05, 0.1) is 18.8 Å². The average Bonchev–Trinajstić information content (AvgIpc) is 2.06. The molecule has 4 N–H and O–H groups in total. The fourth-order valence-electron chi connectivity index (χ4n) is 1.41. The maximum Gasteiger partial charge on any atom is 0.111 e. The van der Waals surface area contributed by atoms with Crippen LogP contribution in [-0.2, 0) is 4.74 Å². The van der Waals surface area contributed by atoms with E-state index in [-0.39, 0.29) is 13.0 Å². The van der Waals surface area contributed by atoms with Crippen LogP contribution in [0.25, 0.3) is 0 Å². The number of aliphatic hydroxyl groups excluding tert-OH is 4. The summed E-state index contributed by atoms with van der Waals surface area (Å²) in [6, 6.07) is 0. The molecule has 0 amide bonds. The zero-order valence-corrected chi connectivity index (χ0v) is 7.50. The SMILES string of the molecule is CC(O)CC1OCC(O)C(O)[C@H]1O. The van der Waals surface area contributed by atoms with Crippen LogP contribution in [0.15, 0.2) is 0 Å². The van der Waals surface area contributed by atoms with Gasteiger partial charge in [-0.2, -0.15) is 0 Å². The van der Waals surface area contributed by atoms with Crippen LogP contribution < -0.4 is 0 Å². The van der Waals surface area contributed by atoms with E-state index in [0.717, 1.165) is 0 Å². The maximum atomic E-state index is 9.41. The van der Waals surface area contributed by atoms with Crippen molar-refractivity contribution in [2.45, 2.75) is 43.9 Å². The van der Waals surface area contributed by atoms with E-state index in [1.807, 2.05) is 0 Å². The largest absolute Gasteiger partial charge is 0.393 e. The summed E-state index contributed by atoms with van der Waals surface area (Å²) in [5.41, 5.74) is 0. The molecule has 0 spiro atoms. The van der Waals surface area contributed by atoms with Crippen LogP contribution in [0.1, 0.15) is 13.3 Å². The van der Waals surface area contributed by atoms with Gasteiger partial charge in [0.2, 0.25) is 0 Å². The highest BCUT2D eigenvalue weighted by molar-refractivity contribution is 4.87. The first-order valence-electron chi connectivity index (χ1n) is 4.36. The van der Waals surface area contributed by atoms with E-state index in [2.05, 4.69) is 0 Å². The number of hydrogen-bond donors (Lipinski definition) is 4. The van der Waals surface area contributed by atoms with E-state index in [1.54, 1.807) is 6.92 Å². The van der Waals surface area contributed by atoms with Crippen molar-refractivity contribution in [2.24, 2.45) is 0 Å². The van der Waals surface area contributed by atoms with Gasteiger partial charge in [0.1, 0.15) is 18.3 Å². The van der Waals surface area contributed by atoms with Gasteiger partial charge >= 0.3 is 0 Å². The monoisotopic (exact) mass is 192 g/mol. The Hall–Kier alpha value is -0.200. The molecule has 0 saturated carbocycles. The Bertz CT molecular complexity index is 161. The van der Waals surface area contributed by atoms with Gasteiger partial charge in [0, 0.05) is 6.42 Å². The van der Waals surface area contributed by atoms with Gasteiger partial charge in [-0.1, -0.05) is 0 Å². The van der Waals surface area contributed by atoms with Gasteiger partial charge in [-0.15, -0.1) is 0 Å². The van der Waals surface area contributed by atoms with Crippen LogP contribution >= 0.6 is 0 Å². The van der Waals surface area contributed by atoms with Crippen molar-refractivity contribution in [3.8, 4) is 0 Å². The predicted molar refractivity (Wildman–Crippen MR) is 44.1 cm³/mol. The Morgan fingerprint density at radius 3 is 2.46 bits per heavy atom. The number of hydrogen-bond acceptors (Lipinski definition) is 5. The molecule has 4 unspecified atom stereocenters. The second-order valence-corrected chi connectivity index (χ2v) is 3.51. The van der Waals surface area contributed by atoms with Gasteiger partial charge in [-0.25, -0.2) is 0 Å². The molecule has 0 bridgehead atoms. The Labute approximate surface area is 76.6 Å². The molecule has 78 valence electrons. The van der Waals surface area contributed by atoms with Crippen molar-refractivity contribution < 1.29 is 25.2 Å². The van der Waals surface area contributed by atoms with Gasteiger partial charge < -0.3 is 25.2 Å². The van der Waals surface area contributed by atoms with Crippen LogP contribution in [-0.4, -0.2) is 57.6 Å². The molecule has 0 aromatic heterocycles. The van der Waals surface area contributed by atoms with Crippen LogP contribution in [0.4, 0.5) is 0 Å². The summed E-state index contributed by atoms with van der Waals surface area (Å²) in [6.45, 7) is 1.57. The van der Waals surface area contributed by atoms with Crippen LogP contribution in [0.2, 0.25) is 0 Å². The summed E-state index contributed by atoms with van der Waals surface area (Å²) >= 11 is 0. The van der Waals surface area contributed by atoms with Crippen LogP contribution in [0, 0.1) is 0 Å². The molecule has 5 heteroatoms. The van der Waals surface area contributed by atoms with Crippen molar-refractivity contribution >= 4 is 0 Å². The minimum atomic E-state index is -1.18. The highest BCUT2D eigenvalue weighted by Gasteiger charge is 2.37. The number of aliphatic hydroxyl groups is 4. The average molecular weight is 192 g/mol. The molecule has 1 aliphatic heterocycles. The fourth-order valence-corrected chi connectivity index (χ4v) is 1.41. The number of rotatable bonds is 2. The highest BCUT2D eigenvalue weighted by atomic mass is 16.5. The van der Waals surface area contributed by atoms with E-state index in [9.17, 15) is 10.2 Å². The van der Waals surface area contributed by atoms with Gasteiger partial charge in [-0.3, -0.25) is 0 Å². The summed E-state index contributed by atoms with van der Waals surface area (Å²) < 4.78 is 5.06. The molecule has 0 aromatic rings. The third-order valence-corrected chi connectivity index (χ3v) is 2.18. The Kier molecular flexibility index (Phi) is 3.63. The van der Waals surface area contributed by atoms with Gasteiger partial charge in [0.25, 0.3) is 0 Å². The molecule has 5 nitrogen and oxygen atoms in total. The van der Waals surface area contributed by atoms with Gasteiger partial charge in [-0.05, 0) is 6.92 Å². The van der Waals surface area contributed by atoms with Crippen LogP contribution in [0.3, 0.4) is 0 Å². The Morgan fingerprint density at radius 1 is 1.31 bits per heavy atom. The summed E-state index contributed by atoms with van der Waals surface area (Å²) in [5, 5.41) is 36.8. The quantitative estimate of drug-likeness (QED) is 0.416. The van der Waals surface area contributed by atoms with Crippen molar-refractivity contribution in [3.63, 3.8) is 0 Å². The molecule has 0 radical (unpaired) electrons. The topological polar surface area (TPSA) is 90.2 Å². The lowest BCUT2D eigenvalue weighted by atomic mass is 9.96. The zero-order valence-electron chi connectivity index (χ0n) is 7.50. The molecule has 0 aliphatic carbocycles. The Balaban J connectivity index is 2.48. The molecule has 13 heavy (non-hydrogen) atoms. The molecular formula is C8H16O5. The summed E-state index contributed by atoms with van der Waals surface area (Å²) in [6.07, 6.45) is -4.29. The molecule has 5 atom stereocenters. The fraction of sp³-hybridized carbons (Fsp3) is 1.00. The molecular weight excluding hydrogens is 176 g/mol. The van der Waals surface area contributed by atoms with Crippen LogP contribution in [0.5, 0.6) is 0 Å². The maximum absolute atomic E-state index is 9.41. The normalized spacial score (nSPS) is 43.2. The predicted octanol–water partition coefficient (Wildman–Crippen LogP) is -1.76. The Morgan fingerprint density at radius 2 is 1.92 bits per heavy atom. The summed E-state index contributed by atoms with van der Waals surface area (Å²) in [7, 11) is 0. The zero-order chi connectivity index (χ0) is 10.0. The first kappa shape index (κ1) is 10.9. The minimum Gasteiger partial charge on any atom is -0.393 e. The third kappa shape index (κ3) is 2.62.